The smallest absolute Gasteiger partial charge is 0.416 e. The van der Waals surface area contributed by atoms with Gasteiger partial charge in [-0.25, -0.2) is 18.7 Å². The summed E-state index contributed by atoms with van der Waals surface area (Å²) in [5.41, 5.74) is 1.86. The van der Waals surface area contributed by atoms with Gasteiger partial charge in [-0.15, -0.1) is 0 Å². The molecule has 0 saturated carbocycles. The third kappa shape index (κ3) is 2.87. The van der Waals surface area contributed by atoms with Crippen LogP contribution in [0.15, 0.2) is 30.7 Å². The third-order valence-electron chi connectivity index (χ3n) is 5.24. The fraction of sp³-hybridized carbons (Fsp3) is 0.316. The number of cyclic esters (lactones) is 1. The van der Waals surface area contributed by atoms with Crippen molar-refractivity contribution < 1.29 is 18.7 Å². The van der Waals surface area contributed by atoms with E-state index in [1.165, 1.54) is 21.7 Å². The van der Waals surface area contributed by atoms with E-state index in [0.717, 1.165) is 6.20 Å². The molecule has 2 aliphatic rings. The zero-order chi connectivity index (χ0) is 20.1. The molecule has 0 aliphatic carbocycles. The monoisotopic (exact) mass is 396 g/mol. The van der Waals surface area contributed by atoms with E-state index >= 15 is 0 Å². The first-order chi connectivity index (χ1) is 14.0. The van der Waals surface area contributed by atoms with E-state index in [1.54, 1.807) is 12.3 Å². The number of rotatable bonds is 0. The van der Waals surface area contributed by atoms with Gasteiger partial charge in [-0.1, -0.05) is 0 Å². The van der Waals surface area contributed by atoms with E-state index < -0.39 is 18.0 Å². The maximum Gasteiger partial charge on any atom is 0.416 e. The lowest BCUT2D eigenvalue weighted by atomic mass is 10.00. The van der Waals surface area contributed by atoms with E-state index in [-0.39, 0.29) is 18.6 Å². The van der Waals surface area contributed by atoms with Crippen molar-refractivity contribution >= 4 is 23.5 Å². The molecule has 0 spiro atoms. The number of aryl methyl sites for hydroxylation is 1. The summed E-state index contributed by atoms with van der Waals surface area (Å²) in [4.78, 5) is 35.3. The highest BCUT2D eigenvalue weighted by atomic mass is 19.1. The van der Waals surface area contributed by atoms with Gasteiger partial charge in [0.25, 0.3) is 5.91 Å². The fourth-order valence-electron chi connectivity index (χ4n) is 3.76. The van der Waals surface area contributed by atoms with Gasteiger partial charge in [0.15, 0.2) is 5.65 Å². The molecule has 1 N–H and O–H groups in total. The van der Waals surface area contributed by atoms with Gasteiger partial charge in [0.1, 0.15) is 29.8 Å². The molecule has 5 rings (SSSR count). The number of nitrogens with zero attached hydrogens (tertiary/aromatic N) is 5. The van der Waals surface area contributed by atoms with Gasteiger partial charge < -0.3 is 10.1 Å². The van der Waals surface area contributed by atoms with Gasteiger partial charge >= 0.3 is 6.09 Å². The van der Waals surface area contributed by atoms with E-state index in [9.17, 15) is 14.0 Å². The van der Waals surface area contributed by atoms with Crippen molar-refractivity contribution in [3.63, 3.8) is 0 Å². The highest BCUT2D eigenvalue weighted by Gasteiger charge is 2.38. The van der Waals surface area contributed by atoms with Crippen LogP contribution in [0.2, 0.25) is 0 Å². The minimum Gasteiger partial charge on any atom is -0.447 e. The van der Waals surface area contributed by atoms with Crippen LogP contribution in [0.3, 0.4) is 0 Å². The average Bonchev–Trinajstić information content (AvgIpc) is 3.29. The number of fused-ring (bicyclic) bond motifs is 5. The molecule has 3 aromatic rings. The van der Waals surface area contributed by atoms with Gasteiger partial charge in [0.05, 0.1) is 12.4 Å². The number of carbonyl (C=O) groups is 2. The van der Waals surface area contributed by atoms with Crippen molar-refractivity contribution in [2.24, 2.45) is 0 Å². The maximum atomic E-state index is 14.0. The number of amides is 2. The molecule has 2 bridgehead atoms. The van der Waals surface area contributed by atoms with Gasteiger partial charge in [-0.2, -0.15) is 5.10 Å². The van der Waals surface area contributed by atoms with E-state index in [0.29, 0.717) is 41.1 Å². The summed E-state index contributed by atoms with van der Waals surface area (Å²) in [5.74, 6) is -0.499. The second kappa shape index (κ2) is 6.50. The number of hydrogen-bond acceptors (Lipinski definition) is 6. The fourth-order valence-corrected chi connectivity index (χ4v) is 3.76. The Bertz CT molecular complexity index is 1150. The quantitative estimate of drug-likeness (QED) is 0.624. The van der Waals surface area contributed by atoms with Crippen LogP contribution in [0.1, 0.15) is 41.0 Å². The molecule has 1 fully saturated rings. The Labute approximate surface area is 164 Å². The summed E-state index contributed by atoms with van der Waals surface area (Å²) >= 11 is 0. The predicted octanol–water partition coefficient (Wildman–Crippen LogP) is 2.03. The van der Waals surface area contributed by atoms with Crippen molar-refractivity contribution in [3.05, 3.63) is 53.4 Å². The molecule has 1 saturated heterocycles. The molecule has 2 aliphatic heterocycles. The van der Waals surface area contributed by atoms with Crippen LogP contribution in [0, 0.1) is 5.82 Å². The molecule has 10 heteroatoms. The van der Waals surface area contributed by atoms with Gasteiger partial charge in [-0.3, -0.25) is 14.7 Å². The van der Waals surface area contributed by atoms with Gasteiger partial charge in [0, 0.05) is 23.5 Å². The number of hydrogen-bond donors (Lipinski definition) is 1. The average molecular weight is 396 g/mol. The summed E-state index contributed by atoms with van der Waals surface area (Å²) in [6, 6.07) is 2.27. The first kappa shape index (κ1) is 17.5. The standard InChI is InChI=1S/C19H17FN6O3/c1-10-2-3-14-12(6-11(20)7-21-14)15-9-29-19(28)26(15)16-4-5-25-17(24-16)13(8-22-25)18(27)23-10/h4-8,10,15H,2-3,9H2,1H3,(H,23,27). The Morgan fingerprint density at radius 1 is 1.31 bits per heavy atom. The number of carbonyl (C=O) groups excluding carboxylic acids is 2. The number of pyridine rings is 1. The second-order valence-corrected chi connectivity index (χ2v) is 7.18. The van der Waals surface area contributed by atoms with Crippen molar-refractivity contribution in [1.29, 1.82) is 0 Å². The van der Waals surface area contributed by atoms with Crippen LogP contribution >= 0.6 is 0 Å². The van der Waals surface area contributed by atoms with Crippen molar-refractivity contribution in [3.8, 4) is 0 Å². The highest BCUT2D eigenvalue weighted by molar-refractivity contribution is 6.00. The Hall–Kier alpha value is -3.56. The topological polar surface area (TPSA) is 102 Å². The van der Waals surface area contributed by atoms with Crippen molar-refractivity contribution in [2.75, 3.05) is 11.5 Å². The second-order valence-electron chi connectivity index (χ2n) is 7.18. The summed E-state index contributed by atoms with van der Waals surface area (Å²) in [6.45, 7) is 1.95. The van der Waals surface area contributed by atoms with Crippen LogP contribution in [0.4, 0.5) is 15.0 Å². The molecule has 148 valence electrons. The van der Waals surface area contributed by atoms with Gasteiger partial charge in [-0.05, 0) is 31.9 Å². The molecular formula is C19H17FN6O3. The zero-order valence-electron chi connectivity index (χ0n) is 15.5. The van der Waals surface area contributed by atoms with Crippen molar-refractivity contribution in [2.45, 2.75) is 31.8 Å². The summed E-state index contributed by atoms with van der Waals surface area (Å²) in [5, 5.41) is 7.09. The number of nitrogens with one attached hydrogen (secondary N) is 1. The maximum absolute atomic E-state index is 14.0. The molecule has 2 atom stereocenters. The molecule has 0 aromatic carbocycles. The lowest BCUT2D eigenvalue weighted by molar-refractivity contribution is 0.0940. The normalized spacial score (nSPS) is 21.7. The lowest BCUT2D eigenvalue weighted by Gasteiger charge is -2.22. The molecule has 3 aromatic heterocycles. The Balaban J connectivity index is 1.72. The van der Waals surface area contributed by atoms with Gasteiger partial charge in [0.2, 0.25) is 0 Å². The first-order valence-corrected chi connectivity index (χ1v) is 9.27. The summed E-state index contributed by atoms with van der Waals surface area (Å²) in [7, 11) is 0. The van der Waals surface area contributed by atoms with E-state index in [2.05, 4.69) is 20.4 Å². The Kier molecular flexibility index (Phi) is 3.93. The van der Waals surface area contributed by atoms with Crippen LogP contribution in [-0.4, -0.2) is 44.2 Å². The summed E-state index contributed by atoms with van der Waals surface area (Å²) in [6.07, 6.45) is 4.73. The number of anilines is 1. The lowest BCUT2D eigenvalue weighted by Crippen LogP contribution is -2.33. The Morgan fingerprint density at radius 3 is 3.03 bits per heavy atom. The number of halogens is 1. The number of aromatic nitrogens is 4. The zero-order valence-corrected chi connectivity index (χ0v) is 15.5. The molecule has 2 amide bonds. The molecule has 2 unspecified atom stereocenters. The molecule has 5 heterocycles. The molecule has 9 nitrogen and oxygen atoms in total. The molecule has 0 radical (unpaired) electrons. The van der Waals surface area contributed by atoms with Crippen LogP contribution in [0.5, 0.6) is 0 Å². The SMILES string of the molecule is CC1CCc2ncc(F)cc2C2COC(=O)N2c2ccn3ncc(c3n2)C(=O)N1. The number of ether oxygens (including phenoxy) is 1. The largest absolute Gasteiger partial charge is 0.447 e. The minimum atomic E-state index is -0.587. The molecule has 29 heavy (non-hydrogen) atoms. The van der Waals surface area contributed by atoms with E-state index in [4.69, 9.17) is 4.74 Å². The van der Waals surface area contributed by atoms with Crippen molar-refractivity contribution in [1.82, 2.24) is 24.9 Å². The predicted molar refractivity (Wildman–Crippen MR) is 99.0 cm³/mol. The minimum absolute atomic E-state index is 0.0582. The highest BCUT2D eigenvalue weighted by Crippen LogP contribution is 2.34. The summed E-state index contributed by atoms with van der Waals surface area (Å²) < 4.78 is 20.8. The van der Waals surface area contributed by atoms with Crippen LogP contribution in [0.25, 0.3) is 5.65 Å². The van der Waals surface area contributed by atoms with E-state index in [1.807, 2.05) is 6.92 Å². The Morgan fingerprint density at radius 2 is 2.17 bits per heavy atom. The van der Waals surface area contributed by atoms with Crippen LogP contribution < -0.4 is 10.2 Å². The third-order valence-corrected chi connectivity index (χ3v) is 5.24. The first-order valence-electron chi connectivity index (χ1n) is 9.27. The molecular weight excluding hydrogens is 379 g/mol. The van der Waals surface area contributed by atoms with Crippen LogP contribution in [-0.2, 0) is 11.2 Å².